The highest BCUT2D eigenvalue weighted by molar-refractivity contribution is 5.10. The van der Waals surface area contributed by atoms with Crippen molar-refractivity contribution < 1.29 is 4.74 Å². The van der Waals surface area contributed by atoms with E-state index in [1.54, 1.807) is 0 Å². The Morgan fingerprint density at radius 1 is 0.870 bits per heavy atom. The second kappa shape index (κ2) is 6.81. The maximum absolute atomic E-state index is 6.62. The summed E-state index contributed by atoms with van der Waals surface area (Å²) in [5.74, 6) is 1.64. The first-order valence-corrected chi connectivity index (χ1v) is 9.57. The monoisotopic (exact) mass is 322 g/mol. The van der Waals surface area contributed by atoms with Crippen LogP contribution in [0.3, 0.4) is 0 Å². The average Bonchev–Trinajstić information content (AvgIpc) is 2.35. The maximum atomic E-state index is 6.62. The van der Waals surface area contributed by atoms with Gasteiger partial charge in [0.25, 0.3) is 0 Å². The van der Waals surface area contributed by atoms with Gasteiger partial charge in [0.2, 0.25) is 0 Å². The van der Waals surface area contributed by atoms with Gasteiger partial charge < -0.3 is 4.74 Å². The fourth-order valence-corrected chi connectivity index (χ4v) is 4.15. The molecule has 1 nitrogen and oxygen atoms in total. The molecule has 1 unspecified atom stereocenters. The van der Waals surface area contributed by atoms with Crippen LogP contribution in [0.5, 0.6) is 0 Å². The van der Waals surface area contributed by atoms with Crippen LogP contribution in [0.25, 0.3) is 0 Å². The summed E-state index contributed by atoms with van der Waals surface area (Å²) in [5, 5.41) is 0. The van der Waals surface area contributed by atoms with Gasteiger partial charge in [-0.1, -0.05) is 74.3 Å². The van der Waals surface area contributed by atoms with E-state index in [2.05, 4.69) is 68.9 Å². The molecule has 0 radical (unpaired) electrons. The first kappa shape index (κ1) is 20.6. The lowest BCUT2D eigenvalue weighted by molar-refractivity contribution is -0.0784. The molecule has 0 saturated heterocycles. The van der Waals surface area contributed by atoms with E-state index in [0.29, 0.717) is 5.92 Å². The topological polar surface area (TPSA) is 9.23 Å². The number of allylic oxidation sites excluding steroid dienone is 1. The van der Waals surface area contributed by atoms with Gasteiger partial charge in [0, 0.05) is 5.41 Å². The highest BCUT2D eigenvalue weighted by Gasteiger charge is 2.46. The van der Waals surface area contributed by atoms with Gasteiger partial charge in [-0.15, -0.1) is 0 Å². The fraction of sp³-hybridized carbons (Fsp3) is 0.909. The van der Waals surface area contributed by atoms with Gasteiger partial charge in [0.1, 0.15) is 5.60 Å². The minimum Gasteiger partial charge on any atom is -0.492 e. The second-order valence-electron chi connectivity index (χ2n) is 10.8. The molecule has 0 aromatic rings. The van der Waals surface area contributed by atoms with Crippen LogP contribution in [0.15, 0.2) is 12.3 Å². The number of ether oxygens (including phenoxy) is 1. The summed E-state index contributed by atoms with van der Waals surface area (Å²) in [5.41, 5.74) is 0.238. The van der Waals surface area contributed by atoms with E-state index in [1.807, 2.05) is 0 Å². The van der Waals surface area contributed by atoms with Crippen molar-refractivity contribution in [2.24, 2.45) is 22.2 Å². The Balaban J connectivity index is 2.97. The van der Waals surface area contributed by atoms with Crippen molar-refractivity contribution in [2.45, 2.75) is 106 Å². The summed E-state index contributed by atoms with van der Waals surface area (Å²) in [6.45, 7) is 25.2. The van der Waals surface area contributed by atoms with Crippen LogP contribution in [0.1, 0.15) is 101 Å². The van der Waals surface area contributed by atoms with E-state index in [4.69, 9.17) is 4.74 Å². The number of hydrogen-bond donors (Lipinski definition) is 0. The second-order valence-corrected chi connectivity index (χ2v) is 10.8. The molecule has 1 saturated carbocycles. The van der Waals surface area contributed by atoms with Gasteiger partial charge >= 0.3 is 0 Å². The summed E-state index contributed by atoms with van der Waals surface area (Å²) in [6, 6.07) is 0. The molecule has 136 valence electrons. The molecule has 1 fully saturated rings. The SMILES string of the molecule is C=C(OC(C)(C)C1CCCCC1)C(C)(CC(C)(C)C)C(C)(C)C. The van der Waals surface area contributed by atoms with Crippen LogP contribution >= 0.6 is 0 Å². The van der Waals surface area contributed by atoms with E-state index in [-0.39, 0.29) is 21.8 Å². The lowest BCUT2D eigenvalue weighted by Crippen LogP contribution is -2.43. The molecule has 1 aliphatic carbocycles. The molecule has 0 heterocycles. The molecule has 0 spiro atoms. The molecular weight excluding hydrogens is 280 g/mol. The van der Waals surface area contributed by atoms with E-state index >= 15 is 0 Å². The average molecular weight is 323 g/mol. The third kappa shape index (κ3) is 5.26. The quantitative estimate of drug-likeness (QED) is 0.480. The Morgan fingerprint density at radius 3 is 1.74 bits per heavy atom. The summed E-state index contributed by atoms with van der Waals surface area (Å²) in [4.78, 5) is 0. The summed E-state index contributed by atoms with van der Waals surface area (Å²) < 4.78 is 6.62. The predicted molar refractivity (Wildman–Crippen MR) is 103 cm³/mol. The standard InChI is InChI=1S/C22H42O/c1-17(22(10,20(5,6)7)16-19(2,3)4)23-21(8,9)18-14-12-11-13-15-18/h18H,1,11-16H2,2-10H3. The van der Waals surface area contributed by atoms with Crippen molar-refractivity contribution in [3.05, 3.63) is 12.3 Å². The van der Waals surface area contributed by atoms with Crippen molar-refractivity contribution >= 4 is 0 Å². The van der Waals surface area contributed by atoms with Crippen molar-refractivity contribution in [1.29, 1.82) is 0 Å². The van der Waals surface area contributed by atoms with Gasteiger partial charge in [-0.2, -0.15) is 0 Å². The van der Waals surface area contributed by atoms with Crippen LogP contribution in [0, 0.1) is 22.2 Å². The van der Waals surface area contributed by atoms with Crippen molar-refractivity contribution in [3.63, 3.8) is 0 Å². The zero-order valence-corrected chi connectivity index (χ0v) is 17.4. The summed E-state index contributed by atoms with van der Waals surface area (Å²) >= 11 is 0. The lowest BCUT2D eigenvalue weighted by Gasteiger charge is -2.49. The molecule has 0 N–H and O–H groups in total. The Bertz CT molecular complexity index is 399. The third-order valence-corrected chi connectivity index (χ3v) is 6.13. The minimum atomic E-state index is -0.109. The van der Waals surface area contributed by atoms with Gasteiger partial charge in [-0.05, 0) is 49.9 Å². The largest absolute Gasteiger partial charge is 0.492 e. The fourth-order valence-electron chi connectivity index (χ4n) is 4.15. The van der Waals surface area contributed by atoms with E-state index < -0.39 is 0 Å². The van der Waals surface area contributed by atoms with Gasteiger partial charge in [0.05, 0.1) is 5.76 Å². The van der Waals surface area contributed by atoms with E-state index in [1.165, 1.54) is 32.1 Å². The predicted octanol–water partition coefficient (Wildman–Crippen LogP) is 7.36. The van der Waals surface area contributed by atoms with Crippen LogP contribution < -0.4 is 0 Å². The molecular formula is C22H42O. The zero-order valence-electron chi connectivity index (χ0n) is 17.4. The molecule has 0 aromatic heterocycles. The Hall–Kier alpha value is -0.460. The molecule has 0 aromatic carbocycles. The molecule has 0 aliphatic heterocycles. The molecule has 1 rings (SSSR count). The highest BCUT2D eigenvalue weighted by atomic mass is 16.5. The molecule has 23 heavy (non-hydrogen) atoms. The van der Waals surface area contributed by atoms with E-state index in [0.717, 1.165) is 12.2 Å². The molecule has 0 amide bonds. The van der Waals surface area contributed by atoms with Gasteiger partial charge in [0.15, 0.2) is 0 Å². The van der Waals surface area contributed by atoms with Crippen LogP contribution in [0.2, 0.25) is 0 Å². The molecule has 0 bridgehead atoms. The van der Waals surface area contributed by atoms with Gasteiger partial charge in [-0.3, -0.25) is 0 Å². The van der Waals surface area contributed by atoms with Crippen LogP contribution in [0.4, 0.5) is 0 Å². The number of rotatable bonds is 5. The minimum absolute atomic E-state index is 0.0306. The first-order chi connectivity index (χ1) is 10.2. The highest BCUT2D eigenvalue weighted by Crippen LogP contribution is 2.52. The van der Waals surface area contributed by atoms with Crippen molar-refractivity contribution in [1.82, 2.24) is 0 Å². The lowest BCUT2D eigenvalue weighted by atomic mass is 9.60. The number of hydrogen-bond acceptors (Lipinski definition) is 1. The first-order valence-electron chi connectivity index (χ1n) is 9.57. The normalized spacial score (nSPS) is 20.9. The smallest absolute Gasteiger partial charge is 0.106 e. The Kier molecular flexibility index (Phi) is 6.09. The maximum Gasteiger partial charge on any atom is 0.106 e. The van der Waals surface area contributed by atoms with Gasteiger partial charge in [-0.25, -0.2) is 0 Å². The molecule has 1 aliphatic rings. The molecule has 1 heteroatoms. The van der Waals surface area contributed by atoms with Crippen molar-refractivity contribution in [2.75, 3.05) is 0 Å². The van der Waals surface area contributed by atoms with Crippen LogP contribution in [-0.4, -0.2) is 5.60 Å². The zero-order chi connectivity index (χ0) is 18.1. The third-order valence-electron chi connectivity index (χ3n) is 6.13. The Labute approximate surface area is 146 Å². The molecule has 1 atom stereocenters. The Morgan fingerprint density at radius 2 is 1.35 bits per heavy atom. The van der Waals surface area contributed by atoms with Crippen LogP contribution in [-0.2, 0) is 4.74 Å². The summed E-state index contributed by atoms with van der Waals surface area (Å²) in [6.07, 6.45) is 7.77. The summed E-state index contributed by atoms with van der Waals surface area (Å²) in [7, 11) is 0. The van der Waals surface area contributed by atoms with E-state index in [9.17, 15) is 0 Å². The van der Waals surface area contributed by atoms with Crippen molar-refractivity contribution in [3.8, 4) is 0 Å².